The van der Waals surface area contributed by atoms with Crippen molar-refractivity contribution in [3.8, 4) is 22.7 Å². The molecule has 1 aromatic carbocycles. The lowest BCUT2D eigenvalue weighted by Crippen LogP contribution is -2.12. The number of amides is 1. The van der Waals surface area contributed by atoms with E-state index in [9.17, 15) is 4.79 Å². The fraction of sp³-hybridized carbons (Fsp3) is 0.0500. The second-order valence-electron chi connectivity index (χ2n) is 6.41. The molecule has 0 atom stereocenters. The van der Waals surface area contributed by atoms with Gasteiger partial charge in [-0.2, -0.15) is 14.7 Å². The average Bonchev–Trinajstić information content (AvgIpc) is 3.49. The zero-order valence-corrected chi connectivity index (χ0v) is 15.3. The summed E-state index contributed by atoms with van der Waals surface area (Å²) in [6, 6.07) is 16.4. The van der Waals surface area contributed by atoms with Gasteiger partial charge in [0.15, 0.2) is 22.9 Å². The van der Waals surface area contributed by atoms with Gasteiger partial charge in [0, 0.05) is 17.3 Å². The third-order valence-corrected chi connectivity index (χ3v) is 4.43. The highest BCUT2D eigenvalue weighted by atomic mass is 16.3. The van der Waals surface area contributed by atoms with Gasteiger partial charge in [-0.15, -0.1) is 10.2 Å². The number of hydrogen-bond acceptors (Lipinski definition) is 6. The van der Waals surface area contributed by atoms with Crippen LogP contribution in [0.2, 0.25) is 0 Å². The van der Waals surface area contributed by atoms with E-state index >= 15 is 0 Å². The number of carbonyl (C=O) groups is 1. The number of hydrogen-bond donors (Lipinski definition) is 2. The van der Waals surface area contributed by atoms with Crippen LogP contribution in [0.3, 0.4) is 0 Å². The van der Waals surface area contributed by atoms with Gasteiger partial charge >= 0.3 is 0 Å². The number of fused-ring (bicyclic) bond motifs is 1. The number of H-pyrrole nitrogens is 1. The monoisotopic (exact) mass is 385 g/mol. The van der Waals surface area contributed by atoms with Crippen LogP contribution in [0, 0.1) is 6.92 Å². The highest BCUT2D eigenvalue weighted by Gasteiger charge is 2.14. The molecule has 5 rings (SSSR count). The Bertz CT molecular complexity index is 1320. The smallest absolute Gasteiger partial charge is 0.276 e. The highest BCUT2D eigenvalue weighted by Crippen LogP contribution is 2.22. The Labute approximate surface area is 164 Å². The van der Waals surface area contributed by atoms with Crippen molar-refractivity contribution in [1.29, 1.82) is 0 Å². The summed E-state index contributed by atoms with van der Waals surface area (Å²) in [6.07, 6.45) is 1.56. The molecule has 5 aromatic rings. The quantitative estimate of drug-likeness (QED) is 0.490. The average molecular weight is 385 g/mol. The van der Waals surface area contributed by atoms with E-state index in [0.717, 1.165) is 11.3 Å². The number of rotatable bonds is 4. The van der Waals surface area contributed by atoms with E-state index in [1.165, 1.54) is 0 Å². The van der Waals surface area contributed by atoms with Gasteiger partial charge in [0.05, 0.1) is 12.0 Å². The molecule has 0 radical (unpaired) electrons. The third kappa shape index (κ3) is 3.14. The lowest BCUT2D eigenvalue weighted by atomic mass is 10.1. The largest absolute Gasteiger partial charge is 0.463 e. The van der Waals surface area contributed by atoms with Crippen LogP contribution in [-0.2, 0) is 0 Å². The number of benzene rings is 1. The molecule has 0 unspecified atom stereocenters. The van der Waals surface area contributed by atoms with Crippen LogP contribution in [0.25, 0.3) is 28.4 Å². The molecule has 0 saturated carbocycles. The number of nitrogens with one attached hydrogen (secondary N) is 2. The Balaban J connectivity index is 1.39. The Kier molecular flexibility index (Phi) is 3.91. The van der Waals surface area contributed by atoms with Crippen molar-refractivity contribution in [3.63, 3.8) is 0 Å². The van der Waals surface area contributed by atoms with E-state index < -0.39 is 0 Å². The molecule has 9 nitrogen and oxygen atoms in total. The molecule has 1 amide bonds. The number of furan rings is 1. The van der Waals surface area contributed by atoms with E-state index in [2.05, 4.69) is 30.8 Å². The minimum atomic E-state index is -0.325. The molecule has 0 saturated heterocycles. The maximum absolute atomic E-state index is 12.6. The Morgan fingerprint density at radius 2 is 2.03 bits per heavy atom. The Hall–Kier alpha value is -4.27. The van der Waals surface area contributed by atoms with Crippen LogP contribution >= 0.6 is 0 Å². The summed E-state index contributed by atoms with van der Waals surface area (Å²) in [5.41, 5.74) is 3.82. The Morgan fingerprint density at radius 1 is 1.10 bits per heavy atom. The highest BCUT2D eigenvalue weighted by molar-refractivity contribution is 6.03. The molecule has 0 aliphatic rings. The van der Waals surface area contributed by atoms with Gasteiger partial charge in [0.25, 0.3) is 5.91 Å². The van der Waals surface area contributed by atoms with Crippen molar-refractivity contribution in [3.05, 3.63) is 72.4 Å². The van der Waals surface area contributed by atoms with Gasteiger partial charge in [-0.05, 0) is 43.3 Å². The molecule has 9 heteroatoms. The minimum Gasteiger partial charge on any atom is -0.463 e. The van der Waals surface area contributed by atoms with Gasteiger partial charge in [-0.25, -0.2) is 0 Å². The van der Waals surface area contributed by atoms with Gasteiger partial charge in [-0.3, -0.25) is 9.89 Å². The van der Waals surface area contributed by atoms with E-state index in [1.807, 2.05) is 43.3 Å². The summed E-state index contributed by atoms with van der Waals surface area (Å²) >= 11 is 0. The first kappa shape index (κ1) is 16.9. The number of aryl methyl sites for hydroxylation is 1. The van der Waals surface area contributed by atoms with Crippen LogP contribution in [0.5, 0.6) is 0 Å². The van der Waals surface area contributed by atoms with E-state index in [0.29, 0.717) is 28.6 Å². The summed E-state index contributed by atoms with van der Waals surface area (Å²) in [6.45, 7) is 1.84. The number of anilines is 1. The second-order valence-corrected chi connectivity index (χ2v) is 6.41. The third-order valence-electron chi connectivity index (χ3n) is 4.43. The van der Waals surface area contributed by atoms with Crippen LogP contribution in [0.4, 0.5) is 5.69 Å². The van der Waals surface area contributed by atoms with Gasteiger partial charge in [0.1, 0.15) is 5.69 Å². The molecule has 0 fully saturated rings. The number of carbonyl (C=O) groups excluding carboxylic acids is 1. The van der Waals surface area contributed by atoms with Crippen molar-refractivity contribution in [2.75, 3.05) is 5.32 Å². The van der Waals surface area contributed by atoms with Crippen molar-refractivity contribution in [2.45, 2.75) is 6.92 Å². The zero-order chi connectivity index (χ0) is 19.8. The van der Waals surface area contributed by atoms with E-state index in [4.69, 9.17) is 4.42 Å². The zero-order valence-electron chi connectivity index (χ0n) is 15.3. The van der Waals surface area contributed by atoms with E-state index in [1.54, 1.807) is 29.0 Å². The number of aromatic amines is 1. The molecule has 142 valence electrons. The SMILES string of the molecule is Cc1nnc2ccc(-c3cccc(NC(=O)c4cc(-c5ccco5)[nH]n4)c3)nn12. The predicted octanol–water partition coefficient (Wildman–Crippen LogP) is 3.34. The molecule has 0 spiro atoms. The maximum Gasteiger partial charge on any atom is 0.276 e. The van der Waals surface area contributed by atoms with Crippen molar-refractivity contribution < 1.29 is 9.21 Å². The molecular weight excluding hydrogens is 370 g/mol. The molecule has 0 bridgehead atoms. The summed E-state index contributed by atoms with van der Waals surface area (Å²) in [5, 5.41) is 22.3. The first-order valence-electron chi connectivity index (χ1n) is 8.87. The fourth-order valence-electron chi connectivity index (χ4n) is 3.00. The minimum absolute atomic E-state index is 0.265. The molecule has 0 aliphatic carbocycles. The van der Waals surface area contributed by atoms with Gasteiger partial charge in [-0.1, -0.05) is 12.1 Å². The molecular formula is C20H15N7O2. The lowest BCUT2D eigenvalue weighted by Gasteiger charge is -2.06. The summed E-state index contributed by atoms with van der Waals surface area (Å²) in [5.74, 6) is 0.996. The second kappa shape index (κ2) is 6.71. The normalized spacial score (nSPS) is 11.1. The van der Waals surface area contributed by atoms with Gasteiger partial charge in [0.2, 0.25) is 0 Å². The van der Waals surface area contributed by atoms with Crippen LogP contribution < -0.4 is 5.32 Å². The summed E-state index contributed by atoms with van der Waals surface area (Å²) in [4.78, 5) is 12.6. The fourth-order valence-corrected chi connectivity index (χ4v) is 3.00. The van der Waals surface area contributed by atoms with Crippen molar-refractivity contribution in [2.24, 2.45) is 0 Å². The molecule has 4 heterocycles. The maximum atomic E-state index is 12.6. The topological polar surface area (TPSA) is 114 Å². The summed E-state index contributed by atoms with van der Waals surface area (Å²) in [7, 11) is 0. The Morgan fingerprint density at radius 3 is 2.90 bits per heavy atom. The molecule has 4 aromatic heterocycles. The van der Waals surface area contributed by atoms with Crippen LogP contribution in [0.15, 0.2) is 65.3 Å². The van der Waals surface area contributed by atoms with Crippen LogP contribution in [0.1, 0.15) is 16.3 Å². The summed E-state index contributed by atoms with van der Waals surface area (Å²) < 4.78 is 6.99. The first-order valence-corrected chi connectivity index (χ1v) is 8.87. The number of aromatic nitrogens is 6. The van der Waals surface area contributed by atoms with Crippen molar-refractivity contribution >= 4 is 17.2 Å². The number of nitrogens with zero attached hydrogens (tertiary/aromatic N) is 5. The van der Waals surface area contributed by atoms with Gasteiger partial charge < -0.3 is 9.73 Å². The molecule has 29 heavy (non-hydrogen) atoms. The molecule has 2 N–H and O–H groups in total. The van der Waals surface area contributed by atoms with E-state index in [-0.39, 0.29) is 11.6 Å². The van der Waals surface area contributed by atoms with Crippen molar-refractivity contribution in [1.82, 2.24) is 30.0 Å². The lowest BCUT2D eigenvalue weighted by molar-refractivity contribution is 0.102. The molecule has 0 aliphatic heterocycles. The van der Waals surface area contributed by atoms with Crippen LogP contribution in [-0.4, -0.2) is 35.9 Å². The standard InChI is InChI=1S/C20H15N7O2/c1-12-22-25-19-8-7-15(26-27(12)19)13-4-2-5-14(10-13)21-20(28)17-11-16(23-24-17)18-6-3-9-29-18/h2-11H,1H3,(H,21,28)(H,23,24). The predicted molar refractivity (Wildman–Crippen MR) is 105 cm³/mol. The first-order chi connectivity index (χ1) is 14.2.